The first-order valence-electron chi connectivity index (χ1n) is 4.89. The Morgan fingerprint density at radius 1 is 1.65 bits per heavy atom. The molecule has 1 aromatic carbocycles. The van der Waals surface area contributed by atoms with Crippen LogP contribution in [-0.2, 0) is 9.63 Å². The topological polar surface area (TPSA) is 49.8 Å². The van der Waals surface area contributed by atoms with Crippen LogP contribution in [0.25, 0.3) is 0 Å². The largest absolute Gasteiger partial charge is 0.388 e. The number of benzene rings is 1. The summed E-state index contributed by atoms with van der Waals surface area (Å²) < 4.78 is 0.818. The molecule has 0 saturated carbocycles. The lowest BCUT2D eigenvalue weighted by Crippen LogP contribution is -2.26. The van der Waals surface area contributed by atoms with Gasteiger partial charge in [0.2, 0.25) is 5.91 Å². The summed E-state index contributed by atoms with van der Waals surface area (Å²) in [5.74, 6) is -0.320. The Morgan fingerprint density at radius 3 is 2.82 bits per heavy atom. The molecule has 94 valence electrons. The summed E-state index contributed by atoms with van der Waals surface area (Å²) in [6.45, 7) is 0. The molecule has 1 N–H and O–H groups in total. The molecule has 4 nitrogen and oxygen atoms in total. The van der Waals surface area contributed by atoms with Crippen molar-refractivity contribution in [1.29, 1.82) is 0 Å². The Labute approximate surface area is 113 Å². The van der Waals surface area contributed by atoms with E-state index in [1.165, 1.54) is 14.2 Å². The molecule has 0 radical (unpaired) electrons. The van der Waals surface area contributed by atoms with E-state index in [1.807, 2.05) is 0 Å². The van der Waals surface area contributed by atoms with Crippen molar-refractivity contribution in [2.45, 2.75) is 12.5 Å². The Kier molecular flexibility index (Phi) is 5.39. The third-order valence-electron chi connectivity index (χ3n) is 2.31. The van der Waals surface area contributed by atoms with Gasteiger partial charge in [-0.2, -0.15) is 0 Å². The van der Waals surface area contributed by atoms with Gasteiger partial charge in [-0.25, -0.2) is 5.06 Å². The minimum absolute atomic E-state index is 0.0777. The summed E-state index contributed by atoms with van der Waals surface area (Å²) in [6, 6.07) is 5.11. The Bertz CT molecular complexity index is 414. The molecule has 0 aliphatic rings. The fourth-order valence-corrected chi connectivity index (χ4v) is 2.08. The highest BCUT2D eigenvalue weighted by Crippen LogP contribution is 2.28. The van der Waals surface area contributed by atoms with Crippen LogP contribution in [0.5, 0.6) is 0 Å². The first kappa shape index (κ1) is 14.4. The fourth-order valence-electron chi connectivity index (χ4n) is 1.28. The van der Waals surface area contributed by atoms with Gasteiger partial charge in [-0.1, -0.05) is 33.6 Å². The third-order valence-corrected chi connectivity index (χ3v) is 3.14. The smallest absolute Gasteiger partial charge is 0.248 e. The SMILES string of the molecule is CON(C)C(=O)CC(O)c1ccc(Br)cc1Cl. The number of carbonyl (C=O) groups excluding carboxylic acids is 1. The number of amides is 1. The molecule has 0 fully saturated rings. The standard InChI is InChI=1S/C11H13BrClNO3/c1-14(17-2)11(16)6-10(15)8-4-3-7(12)5-9(8)13/h3-5,10,15H,6H2,1-2H3. The Morgan fingerprint density at radius 2 is 2.29 bits per heavy atom. The minimum atomic E-state index is -0.944. The van der Waals surface area contributed by atoms with E-state index in [2.05, 4.69) is 15.9 Å². The molecule has 17 heavy (non-hydrogen) atoms. The van der Waals surface area contributed by atoms with Crippen LogP contribution in [0.15, 0.2) is 22.7 Å². The zero-order valence-corrected chi connectivity index (χ0v) is 11.8. The number of hydrogen-bond acceptors (Lipinski definition) is 3. The first-order valence-corrected chi connectivity index (χ1v) is 6.06. The zero-order valence-electron chi connectivity index (χ0n) is 9.48. The number of nitrogens with zero attached hydrogens (tertiary/aromatic N) is 1. The van der Waals surface area contributed by atoms with Crippen molar-refractivity contribution in [3.8, 4) is 0 Å². The zero-order chi connectivity index (χ0) is 13.0. The van der Waals surface area contributed by atoms with Gasteiger partial charge in [0.25, 0.3) is 0 Å². The third kappa shape index (κ3) is 3.96. The molecule has 0 aliphatic heterocycles. The second-order valence-electron chi connectivity index (χ2n) is 3.46. The number of hydroxylamine groups is 2. The molecule has 0 spiro atoms. The van der Waals surface area contributed by atoms with Crippen LogP contribution in [0.2, 0.25) is 5.02 Å². The van der Waals surface area contributed by atoms with Crippen LogP contribution >= 0.6 is 27.5 Å². The van der Waals surface area contributed by atoms with E-state index in [4.69, 9.17) is 16.4 Å². The fraction of sp³-hybridized carbons (Fsp3) is 0.364. The number of rotatable bonds is 4. The van der Waals surface area contributed by atoms with Gasteiger partial charge >= 0.3 is 0 Å². The second-order valence-corrected chi connectivity index (χ2v) is 4.78. The van der Waals surface area contributed by atoms with Crippen LogP contribution < -0.4 is 0 Å². The molecule has 1 rings (SSSR count). The number of halogens is 2. The van der Waals surface area contributed by atoms with E-state index in [0.29, 0.717) is 10.6 Å². The van der Waals surface area contributed by atoms with Crippen LogP contribution in [0.4, 0.5) is 0 Å². The molecule has 0 bridgehead atoms. The van der Waals surface area contributed by atoms with Crippen molar-refractivity contribution in [3.63, 3.8) is 0 Å². The highest BCUT2D eigenvalue weighted by atomic mass is 79.9. The molecular weight excluding hydrogens is 309 g/mol. The highest BCUT2D eigenvalue weighted by molar-refractivity contribution is 9.10. The summed E-state index contributed by atoms with van der Waals surface area (Å²) in [4.78, 5) is 16.3. The predicted molar refractivity (Wildman–Crippen MR) is 68.5 cm³/mol. The second kappa shape index (κ2) is 6.35. The minimum Gasteiger partial charge on any atom is -0.388 e. The number of aliphatic hydroxyl groups excluding tert-OH is 1. The van der Waals surface area contributed by atoms with Crippen LogP contribution in [0.3, 0.4) is 0 Å². The number of carbonyl (C=O) groups is 1. The maximum absolute atomic E-state index is 11.5. The van der Waals surface area contributed by atoms with Gasteiger partial charge in [-0.3, -0.25) is 9.63 Å². The maximum Gasteiger partial charge on any atom is 0.248 e. The molecule has 0 heterocycles. The molecule has 0 saturated heterocycles. The molecule has 1 aromatic rings. The summed E-state index contributed by atoms with van der Waals surface area (Å²) in [6.07, 6.45) is -1.02. The first-order chi connectivity index (χ1) is 7.95. The lowest BCUT2D eigenvalue weighted by Gasteiger charge is -2.17. The summed E-state index contributed by atoms with van der Waals surface area (Å²) in [5, 5.41) is 11.4. The summed E-state index contributed by atoms with van der Waals surface area (Å²) in [5.41, 5.74) is 0.521. The predicted octanol–water partition coefficient (Wildman–Crippen LogP) is 2.55. The quantitative estimate of drug-likeness (QED) is 0.867. The molecule has 0 aliphatic carbocycles. The summed E-state index contributed by atoms with van der Waals surface area (Å²) >= 11 is 9.24. The molecule has 1 unspecified atom stereocenters. The van der Waals surface area contributed by atoms with Gasteiger partial charge in [0.15, 0.2) is 0 Å². The van der Waals surface area contributed by atoms with Gasteiger partial charge in [0.1, 0.15) is 0 Å². The van der Waals surface area contributed by atoms with E-state index >= 15 is 0 Å². The van der Waals surface area contributed by atoms with Crippen molar-refractivity contribution in [2.75, 3.05) is 14.2 Å². The van der Waals surface area contributed by atoms with E-state index in [0.717, 1.165) is 9.54 Å². The molecule has 6 heteroatoms. The molecular formula is C11H13BrClNO3. The Hall–Kier alpha value is -0.620. The van der Waals surface area contributed by atoms with Gasteiger partial charge in [0.05, 0.1) is 19.6 Å². The average Bonchev–Trinajstić information content (AvgIpc) is 2.27. The van der Waals surface area contributed by atoms with Crippen molar-refractivity contribution < 1.29 is 14.7 Å². The molecule has 0 aromatic heterocycles. The van der Waals surface area contributed by atoms with Gasteiger partial charge in [0, 0.05) is 16.5 Å². The highest BCUT2D eigenvalue weighted by Gasteiger charge is 2.18. The molecule has 1 amide bonds. The van der Waals surface area contributed by atoms with Crippen molar-refractivity contribution in [3.05, 3.63) is 33.3 Å². The monoisotopic (exact) mass is 321 g/mol. The van der Waals surface area contributed by atoms with Crippen molar-refractivity contribution >= 4 is 33.4 Å². The number of aliphatic hydroxyl groups is 1. The number of hydrogen-bond donors (Lipinski definition) is 1. The van der Waals surface area contributed by atoms with Crippen LogP contribution in [0.1, 0.15) is 18.1 Å². The van der Waals surface area contributed by atoms with E-state index in [-0.39, 0.29) is 12.3 Å². The van der Waals surface area contributed by atoms with Gasteiger partial charge in [-0.05, 0) is 17.7 Å². The maximum atomic E-state index is 11.5. The lowest BCUT2D eigenvalue weighted by atomic mass is 10.1. The Balaban J connectivity index is 2.76. The lowest BCUT2D eigenvalue weighted by molar-refractivity contribution is -0.170. The van der Waals surface area contributed by atoms with E-state index < -0.39 is 6.10 Å². The van der Waals surface area contributed by atoms with Crippen LogP contribution in [-0.4, -0.2) is 30.2 Å². The van der Waals surface area contributed by atoms with Crippen molar-refractivity contribution in [2.24, 2.45) is 0 Å². The van der Waals surface area contributed by atoms with E-state index in [1.54, 1.807) is 18.2 Å². The van der Waals surface area contributed by atoms with Gasteiger partial charge in [-0.15, -0.1) is 0 Å². The summed E-state index contributed by atoms with van der Waals surface area (Å²) in [7, 11) is 2.87. The molecule has 1 atom stereocenters. The van der Waals surface area contributed by atoms with Crippen molar-refractivity contribution in [1.82, 2.24) is 5.06 Å². The normalized spacial score (nSPS) is 12.3. The van der Waals surface area contributed by atoms with E-state index in [9.17, 15) is 9.90 Å². The van der Waals surface area contributed by atoms with Gasteiger partial charge < -0.3 is 5.11 Å². The average molecular weight is 323 g/mol. The van der Waals surface area contributed by atoms with Crippen LogP contribution in [0, 0.1) is 0 Å².